The summed E-state index contributed by atoms with van der Waals surface area (Å²) in [5, 5.41) is 0. The van der Waals surface area contributed by atoms with Crippen LogP contribution in [0.25, 0.3) is 0 Å². The molecular formula is C15H24O2. The zero-order chi connectivity index (χ0) is 12.4. The fourth-order valence-corrected chi connectivity index (χ4v) is 3.11. The van der Waals surface area contributed by atoms with Crippen molar-refractivity contribution in [2.45, 2.75) is 59.0 Å². The molecular weight excluding hydrogens is 212 g/mol. The van der Waals surface area contributed by atoms with Gasteiger partial charge in [0.1, 0.15) is 11.9 Å². The van der Waals surface area contributed by atoms with Gasteiger partial charge in [-0.15, -0.1) is 0 Å². The number of hydrogen-bond donors (Lipinski definition) is 0. The highest BCUT2D eigenvalue weighted by Gasteiger charge is 2.33. The van der Waals surface area contributed by atoms with Crippen LogP contribution in [0.15, 0.2) is 11.8 Å². The largest absolute Gasteiger partial charge is 0.494 e. The summed E-state index contributed by atoms with van der Waals surface area (Å²) in [5.41, 5.74) is 0. The van der Waals surface area contributed by atoms with E-state index in [1.165, 1.54) is 12.8 Å². The lowest BCUT2D eigenvalue weighted by atomic mass is 9.75. The topological polar surface area (TPSA) is 26.3 Å². The standard InChI is InChI=1S/C15H24O2/c1-10(2)14-7-4-11(3)8-15(14)17-13-6-5-12(16)9-13/h9-11,14-15H,4-8H2,1-3H3/t11-,14+,15-/m1/s1. The summed E-state index contributed by atoms with van der Waals surface area (Å²) >= 11 is 0. The molecule has 0 aliphatic heterocycles. The zero-order valence-electron chi connectivity index (χ0n) is 11.2. The van der Waals surface area contributed by atoms with E-state index in [-0.39, 0.29) is 5.78 Å². The SMILES string of the molecule is CC(C)[C@@H]1CC[C@@H](C)C[C@H]1OC1=CC(=O)CC1. The van der Waals surface area contributed by atoms with Crippen molar-refractivity contribution in [1.29, 1.82) is 0 Å². The van der Waals surface area contributed by atoms with Crippen LogP contribution in [-0.2, 0) is 9.53 Å². The van der Waals surface area contributed by atoms with Crippen LogP contribution in [0, 0.1) is 17.8 Å². The van der Waals surface area contributed by atoms with Crippen molar-refractivity contribution in [1.82, 2.24) is 0 Å². The van der Waals surface area contributed by atoms with E-state index in [0.29, 0.717) is 24.4 Å². The van der Waals surface area contributed by atoms with E-state index in [1.807, 2.05) is 0 Å². The molecule has 2 aliphatic rings. The number of carbonyl (C=O) groups excluding carboxylic acids is 1. The molecule has 0 saturated heterocycles. The first kappa shape index (κ1) is 12.7. The lowest BCUT2D eigenvalue weighted by Crippen LogP contribution is -2.34. The summed E-state index contributed by atoms with van der Waals surface area (Å²) in [5.74, 6) is 3.24. The summed E-state index contributed by atoms with van der Waals surface area (Å²) in [4.78, 5) is 11.2. The predicted molar refractivity (Wildman–Crippen MR) is 68.5 cm³/mol. The van der Waals surface area contributed by atoms with Gasteiger partial charge in [-0.2, -0.15) is 0 Å². The number of hydrogen-bond acceptors (Lipinski definition) is 2. The third kappa shape index (κ3) is 3.11. The third-order valence-electron chi connectivity index (χ3n) is 4.20. The van der Waals surface area contributed by atoms with Crippen LogP contribution in [0.5, 0.6) is 0 Å². The third-order valence-corrected chi connectivity index (χ3v) is 4.20. The maximum Gasteiger partial charge on any atom is 0.159 e. The quantitative estimate of drug-likeness (QED) is 0.746. The Morgan fingerprint density at radius 3 is 2.65 bits per heavy atom. The van der Waals surface area contributed by atoms with E-state index in [4.69, 9.17) is 4.74 Å². The summed E-state index contributed by atoms with van der Waals surface area (Å²) in [7, 11) is 0. The molecule has 0 aromatic carbocycles. The van der Waals surface area contributed by atoms with Crippen molar-refractivity contribution in [3.8, 4) is 0 Å². The Hall–Kier alpha value is -0.790. The molecule has 2 nitrogen and oxygen atoms in total. The molecule has 0 bridgehead atoms. The maximum atomic E-state index is 11.2. The summed E-state index contributed by atoms with van der Waals surface area (Å²) < 4.78 is 6.11. The normalized spacial score (nSPS) is 34.0. The second-order valence-corrected chi connectivity index (χ2v) is 6.06. The van der Waals surface area contributed by atoms with E-state index < -0.39 is 0 Å². The minimum Gasteiger partial charge on any atom is -0.494 e. The van der Waals surface area contributed by atoms with Gasteiger partial charge in [-0.05, 0) is 30.6 Å². The summed E-state index contributed by atoms with van der Waals surface area (Å²) in [6.07, 6.45) is 7.23. The van der Waals surface area contributed by atoms with Crippen molar-refractivity contribution < 1.29 is 9.53 Å². The van der Waals surface area contributed by atoms with E-state index in [2.05, 4.69) is 20.8 Å². The van der Waals surface area contributed by atoms with Crippen LogP contribution in [0.4, 0.5) is 0 Å². The molecule has 96 valence electrons. The number of carbonyl (C=O) groups is 1. The van der Waals surface area contributed by atoms with Gasteiger partial charge in [0.25, 0.3) is 0 Å². The Morgan fingerprint density at radius 2 is 2.06 bits per heavy atom. The van der Waals surface area contributed by atoms with Gasteiger partial charge < -0.3 is 4.74 Å². The highest BCUT2D eigenvalue weighted by Crippen LogP contribution is 2.37. The average Bonchev–Trinajstić information content (AvgIpc) is 2.63. The molecule has 0 N–H and O–H groups in total. The molecule has 2 heteroatoms. The van der Waals surface area contributed by atoms with Crippen molar-refractivity contribution in [3.05, 3.63) is 11.8 Å². The summed E-state index contributed by atoms with van der Waals surface area (Å²) in [6.45, 7) is 6.87. The molecule has 0 unspecified atom stereocenters. The number of ether oxygens (including phenoxy) is 1. The van der Waals surface area contributed by atoms with E-state index >= 15 is 0 Å². The van der Waals surface area contributed by atoms with Crippen LogP contribution in [0.3, 0.4) is 0 Å². The van der Waals surface area contributed by atoms with Crippen LogP contribution >= 0.6 is 0 Å². The Kier molecular flexibility index (Phi) is 3.90. The molecule has 2 rings (SSSR count). The lowest BCUT2D eigenvalue weighted by Gasteiger charge is -2.37. The molecule has 17 heavy (non-hydrogen) atoms. The van der Waals surface area contributed by atoms with Crippen molar-refractivity contribution >= 4 is 5.78 Å². The molecule has 0 aromatic heterocycles. The zero-order valence-corrected chi connectivity index (χ0v) is 11.2. The Bertz CT molecular complexity index is 317. The van der Waals surface area contributed by atoms with Crippen molar-refractivity contribution in [3.63, 3.8) is 0 Å². The highest BCUT2D eigenvalue weighted by atomic mass is 16.5. The van der Waals surface area contributed by atoms with Crippen LogP contribution in [-0.4, -0.2) is 11.9 Å². The lowest BCUT2D eigenvalue weighted by molar-refractivity contribution is -0.114. The van der Waals surface area contributed by atoms with E-state index in [1.54, 1.807) is 6.08 Å². The van der Waals surface area contributed by atoms with Crippen molar-refractivity contribution in [2.24, 2.45) is 17.8 Å². The molecule has 0 heterocycles. The van der Waals surface area contributed by atoms with Crippen LogP contribution < -0.4 is 0 Å². The number of rotatable bonds is 3. The first-order valence-electron chi connectivity index (χ1n) is 6.96. The molecule has 0 amide bonds. The minimum atomic E-state index is 0.227. The molecule has 1 fully saturated rings. The number of ketones is 1. The maximum absolute atomic E-state index is 11.2. The van der Waals surface area contributed by atoms with Gasteiger partial charge in [0.05, 0.1) is 0 Å². The highest BCUT2D eigenvalue weighted by molar-refractivity contribution is 5.92. The molecule has 0 spiro atoms. The van der Waals surface area contributed by atoms with E-state index in [9.17, 15) is 4.79 Å². The van der Waals surface area contributed by atoms with Gasteiger partial charge in [0.15, 0.2) is 5.78 Å². The van der Waals surface area contributed by atoms with Gasteiger partial charge in [-0.25, -0.2) is 0 Å². The monoisotopic (exact) mass is 236 g/mol. The predicted octanol–water partition coefficient (Wildman–Crippen LogP) is 3.71. The van der Waals surface area contributed by atoms with Crippen LogP contribution in [0.1, 0.15) is 52.9 Å². The van der Waals surface area contributed by atoms with Crippen LogP contribution in [0.2, 0.25) is 0 Å². The second kappa shape index (κ2) is 5.24. The van der Waals surface area contributed by atoms with Gasteiger partial charge >= 0.3 is 0 Å². The molecule has 3 atom stereocenters. The average molecular weight is 236 g/mol. The fourth-order valence-electron chi connectivity index (χ4n) is 3.11. The second-order valence-electron chi connectivity index (χ2n) is 6.06. The Morgan fingerprint density at radius 1 is 1.29 bits per heavy atom. The van der Waals surface area contributed by atoms with E-state index in [0.717, 1.165) is 24.5 Å². The summed E-state index contributed by atoms with van der Waals surface area (Å²) in [6, 6.07) is 0. The number of allylic oxidation sites excluding steroid dienone is 2. The Balaban J connectivity index is 2.00. The molecule has 2 aliphatic carbocycles. The first-order valence-corrected chi connectivity index (χ1v) is 6.96. The minimum absolute atomic E-state index is 0.227. The molecule has 1 saturated carbocycles. The Labute approximate surface area is 104 Å². The fraction of sp³-hybridized carbons (Fsp3) is 0.800. The van der Waals surface area contributed by atoms with Gasteiger partial charge in [0.2, 0.25) is 0 Å². The van der Waals surface area contributed by atoms with Gasteiger partial charge in [-0.3, -0.25) is 4.79 Å². The first-order chi connectivity index (χ1) is 8.06. The van der Waals surface area contributed by atoms with Gasteiger partial charge in [-0.1, -0.05) is 27.2 Å². The smallest absolute Gasteiger partial charge is 0.159 e. The molecule has 0 radical (unpaired) electrons. The van der Waals surface area contributed by atoms with Crippen molar-refractivity contribution in [2.75, 3.05) is 0 Å². The van der Waals surface area contributed by atoms with Gasteiger partial charge in [0, 0.05) is 18.9 Å². The molecule has 0 aromatic rings.